The van der Waals surface area contributed by atoms with Gasteiger partial charge in [-0.2, -0.15) is 0 Å². The molecule has 2 aliphatic rings. The number of hydrogen-bond acceptors (Lipinski definition) is 6. The predicted octanol–water partition coefficient (Wildman–Crippen LogP) is 0.681. The van der Waals surface area contributed by atoms with Gasteiger partial charge in [-0.3, -0.25) is 0 Å². The summed E-state index contributed by atoms with van der Waals surface area (Å²) in [4.78, 5) is 22.1. The van der Waals surface area contributed by atoms with Crippen LogP contribution in [0.4, 0.5) is 0 Å². The minimum atomic E-state index is -0.327. The minimum Gasteiger partial charge on any atom is -0.497 e. The van der Waals surface area contributed by atoms with E-state index in [2.05, 4.69) is 0 Å². The van der Waals surface area contributed by atoms with Crippen LogP contribution in [0.5, 0.6) is 0 Å². The first-order chi connectivity index (χ1) is 8.77. The van der Waals surface area contributed by atoms with E-state index in [4.69, 9.17) is 18.9 Å². The van der Waals surface area contributed by atoms with E-state index in [1.807, 2.05) is 0 Å². The zero-order valence-corrected chi connectivity index (χ0v) is 9.85. The maximum Gasteiger partial charge on any atom is 0.337 e. The summed E-state index contributed by atoms with van der Waals surface area (Å²) in [6, 6.07) is 0. The van der Waals surface area contributed by atoms with Crippen molar-refractivity contribution in [1.29, 1.82) is 0 Å². The smallest absolute Gasteiger partial charge is 0.337 e. The lowest BCUT2D eigenvalue weighted by molar-refractivity contribution is -0.136. The zero-order valence-electron chi connectivity index (χ0n) is 9.85. The van der Waals surface area contributed by atoms with Crippen molar-refractivity contribution in [3.8, 4) is 0 Å². The molecule has 18 heavy (non-hydrogen) atoms. The molecular formula is C12H14O6. The van der Waals surface area contributed by atoms with Gasteiger partial charge in [0.15, 0.2) is 0 Å². The Balaban J connectivity index is 1.62. The van der Waals surface area contributed by atoms with Crippen molar-refractivity contribution in [3.05, 3.63) is 23.7 Å². The maximum absolute atomic E-state index is 11.0. The van der Waals surface area contributed by atoms with Crippen LogP contribution in [0.3, 0.4) is 0 Å². The SMILES string of the molecule is O=C1OCC/C1=C/OCCO/C=C1/CCOC1=O. The first kappa shape index (κ1) is 12.5. The molecule has 2 fully saturated rings. The molecule has 0 amide bonds. The Morgan fingerprint density at radius 1 is 0.889 bits per heavy atom. The monoisotopic (exact) mass is 254 g/mol. The van der Waals surface area contributed by atoms with E-state index in [9.17, 15) is 9.59 Å². The second kappa shape index (κ2) is 6.09. The molecule has 0 bridgehead atoms. The summed E-state index contributed by atoms with van der Waals surface area (Å²) in [5.41, 5.74) is 1.07. The summed E-state index contributed by atoms with van der Waals surface area (Å²) < 4.78 is 19.8. The van der Waals surface area contributed by atoms with Crippen LogP contribution in [-0.4, -0.2) is 38.4 Å². The van der Waals surface area contributed by atoms with Gasteiger partial charge in [-0.05, 0) is 0 Å². The molecule has 0 radical (unpaired) electrons. The number of cyclic esters (lactones) is 2. The molecule has 0 aromatic heterocycles. The number of carbonyl (C=O) groups is 2. The third-order valence-corrected chi connectivity index (χ3v) is 2.50. The van der Waals surface area contributed by atoms with Crippen molar-refractivity contribution in [3.63, 3.8) is 0 Å². The first-order valence-corrected chi connectivity index (χ1v) is 5.73. The minimum absolute atomic E-state index is 0.301. The highest BCUT2D eigenvalue weighted by Crippen LogP contribution is 2.13. The largest absolute Gasteiger partial charge is 0.497 e. The van der Waals surface area contributed by atoms with Crippen LogP contribution >= 0.6 is 0 Å². The molecule has 98 valence electrons. The fourth-order valence-electron chi connectivity index (χ4n) is 1.53. The maximum atomic E-state index is 11.0. The molecule has 6 nitrogen and oxygen atoms in total. The third-order valence-electron chi connectivity index (χ3n) is 2.50. The molecule has 2 aliphatic heterocycles. The Bertz CT molecular complexity index is 357. The zero-order chi connectivity index (χ0) is 12.8. The van der Waals surface area contributed by atoms with Crippen molar-refractivity contribution in [2.24, 2.45) is 0 Å². The molecule has 0 saturated carbocycles. The van der Waals surface area contributed by atoms with E-state index in [0.717, 1.165) is 0 Å². The van der Waals surface area contributed by atoms with E-state index < -0.39 is 0 Å². The molecule has 6 heteroatoms. The van der Waals surface area contributed by atoms with Gasteiger partial charge in [0, 0.05) is 12.8 Å². The van der Waals surface area contributed by atoms with Crippen molar-refractivity contribution in [1.82, 2.24) is 0 Å². The summed E-state index contributed by atoms with van der Waals surface area (Å²) in [5, 5.41) is 0. The van der Waals surface area contributed by atoms with Crippen LogP contribution in [0, 0.1) is 0 Å². The van der Waals surface area contributed by atoms with E-state index in [1.165, 1.54) is 12.5 Å². The number of esters is 2. The van der Waals surface area contributed by atoms with Gasteiger partial charge in [-0.1, -0.05) is 0 Å². The third kappa shape index (κ3) is 3.26. The highest BCUT2D eigenvalue weighted by atomic mass is 16.5. The molecule has 0 aromatic carbocycles. The first-order valence-electron chi connectivity index (χ1n) is 5.73. The number of rotatable bonds is 5. The van der Waals surface area contributed by atoms with Gasteiger partial charge in [-0.15, -0.1) is 0 Å². The van der Waals surface area contributed by atoms with E-state index in [1.54, 1.807) is 0 Å². The number of ether oxygens (including phenoxy) is 4. The van der Waals surface area contributed by atoms with Gasteiger partial charge in [-0.25, -0.2) is 9.59 Å². The molecule has 0 aromatic rings. The van der Waals surface area contributed by atoms with Crippen LogP contribution in [-0.2, 0) is 28.5 Å². The predicted molar refractivity (Wildman–Crippen MR) is 59.2 cm³/mol. The summed E-state index contributed by atoms with van der Waals surface area (Å²) in [5.74, 6) is -0.654. The van der Waals surface area contributed by atoms with Gasteiger partial charge in [0.2, 0.25) is 0 Å². The molecule has 2 saturated heterocycles. The summed E-state index contributed by atoms with van der Waals surface area (Å²) >= 11 is 0. The second-order valence-corrected chi connectivity index (χ2v) is 3.80. The lowest BCUT2D eigenvalue weighted by Gasteiger charge is -2.02. The van der Waals surface area contributed by atoms with Gasteiger partial charge in [0.05, 0.1) is 36.9 Å². The quantitative estimate of drug-likeness (QED) is 0.311. The average molecular weight is 254 g/mol. The van der Waals surface area contributed by atoms with E-state index in [0.29, 0.717) is 50.4 Å². The van der Waals surface area contributed by atoms with Crippen LogP contribution in [0.15, 0.2) is 23.7 Å². The van der Waals surface area contributed by atoms with Crippen LogP contribution < -0.4 is 0 Å². The molecule has 0 N–H and O–H groups in total. The van der Waals surface area contributed by atoms with Crippen molar-refractivity contribution >= 4 is 11.9 Å². The van der Waals surface area contributed by atoms with Crippen molar-refractivity contribution in [2.45, 2.75) is 12.8 Å². The Hall–Kier alpha value is -1.98. The normalized spacial score (nSPS) is 23.3. The molecule has 0 spiro atoms. The molecule has 0 unspecified atom stereocenters. The van der Waals surface area contributed by atoms with E-state index >= 15 is 0 Å². The van der Waals surface area contributed by atoms with Crippen LogP contribution in [0.2, 0.25) is 0 Å². The summed E-state index contributed by atoms with van der Waals surface area (Å²) in [7, 11) is 0. The van der Waals surface area contributed by atoms with Gasteiger partial charge in [0.1, 0.15) is 13.2 Å². The highest BCUT2D eigenvalue weighted by Gasteiger charge is 2.19. The Morgan fingerprint density at radius 2 is 1.33 bits per heavy atom. The number of carbonyl (C=O) groups excluding carboxylic acids is 2. The van der Waals surface area contributed by atoms with Crippen LogP contribution in [0.25, 0.3) is 0 Å². The molecule has 2 heterocycles. The second-order valence-electron chi connectivity index (χ2n) is 3.80. The van der Waals surface area contributed by atoms with Gasteiger partial charge < -0.3 is 18.9 Å². The summed E-state index contributed by atoms with van der Waals surface area (Å²) in [6.07, 6.45) is 3.95. The number of hydrogen-bond donors (Lipinski definition) is 0. The fourth-order valence-corrected chi connectivity index (χ4v) is 1.53. The standard InChI is InChI=1S/C12H14O6/c13-11-9(1-3-17-11)7-15-5-6-16-8-10-2-4-18-12(10)14/h7-8H,1-6H2/b9-7-,10-8-. The van der Waals surface area contributed by atoms with E-state index in [-0.39, 0.29) is 11.9 Å². The van der Waals surface area contributed by atoms with Crippen LogP contribution in [0.1, 0.15) is 12.8 Å². The van der Waals surface area contributed by atoms with Crippen molar-refractivity contribution < 1.29 is 28.5 Å². The summed E-state index contributed by atoms with van der Waals surface area (Å²) in [6.45, 7) is 1.43. The molecule has 0 atom stereocenters. The Labute approximate surface area is 104 Å². The average Bonchev–Trinajstić information content (AvgIpc) is 2.94. The molecule has 2 rings (SSSR count). The highest BCUT2D eigenvalue weighted by molar-refractivity contribution is 5.90. The molecular weight excluding hydrogens is 240 g/mol. The Morgan fingerprint density at radius 3 is 1.67 bits per heavy atom. The molecule has 0 aliphatic carbocycles. The topological polar surface area (TPSA) is 71.1 Å². The Kier molecular flexibility index (Phi) is 4.22. The lowest BCUT2D eigenvalue weighted by atomic mass is 10.2. The lowest BCUT2D eigenvalue weighted by Crippen LogP contribution is -2.01. The fraction of sp³-hybridized carbons (Fsp3) is 0.500. The van der Waals surface area contributed by atoms with Gasteiger partial charge in [0.25, 0.3) is 0 Å². The van der Waals surface area contributed by atoms with Gasteiger partial charge >= 0.3 is 11.9 Å². The van der Waals surface area contributed by atoms with Crippen molar-refractivity contribution in [2.75, 3.05) is 26.4 Å².